The monoisotopic (exact) mass is 335 g/mol. The average Bonchev–Trinajstić information content (AvgIpc) is 3.14. The Balaban J connectivity index is 0.00000192. The molecule has 0 saturated carbocycles. The number of carbonyl (C=O) groups excluding carboxylic acids is 1. The lowest BCUT2D eigenvalue weighted by Gasteiger charge is -2.14. The molecule has 1 atom stereocenters. The minimum atomic E-state index is -0.841. The van der Waals surface area contributed by atoms with Gasteiger partial charge in [0.05, 0.1) is 22.9 Å². The van der Waals surface area contributed by atoms with Crippen LogP contribution in [0.5, 0.6) is 0 Å². The van der Waals surface area contributed by atoms with Gasteiger partial charge in [-0.1, -0.05) is 18.2 Å². The Labute approximate surface area is 140 Å². The van der Waals surface area contributed by atoms with Gasteiger partial charge in [0.2, 0.25) is 0 Å². The van der Waals surface area contributed by atoms with E-state index in [1.54, 1.807) is 22.7 Å². The van der Waals surface area contributed by atoms with Gasteiger partial charge in [-0.15, -0.1) is 12.4 Å². The fraction of sp³-hybridized carbons (Fsp3) is 0.312. The molecule has 0 radical (unpaired) electrons. The van der Waals surface area contributed by atoms with Crippen molar-refractivity contribution in [1.29, 1.82) is 0 Å². The zero-order valence-electron chi connectivity index (χ0n) is 12.7. The zero-order chi connectivity index (χ0) is 15.7. The molecule has 1 aromatic heterocycles. The molecule has 2 heterocycles. The first kappa shape index (κ1) is 17.0. The number of amides is 1. The highest BCUT2D eigenvalue weighted by Gasteiger charge is 2.32. The number of nitrogens with zero attached hydrogens (tertiary/aromatic N) is 3. The topological polar surface area (TPSA) is 75.4 Å². The van der Waals surface area contributed by atoms with Crippen molar-refractivity contribution in [2.24, 2.45) is 5.92 Å². The molecule has 0 spiro atoms. The summed E-state index contributed by atoms with van der Waals surface area (Å²) in [5, 5.41) is 13.4. The summed E-state index contributed by atoms with van der Waals surface area (Å²) in [5.74, 6) is -1.45. The predicted octanol–water partition coefficient (Wildman–Crippen LogP) is 2.15. The van der Waals surface area contributed by atoms with Crippen LogP contribution in [0.4, 0.5) is 0 Å². The van der Waals surface area contributed by atoms with Crippen LogP contribution in [0.3, 0.4) is 0 Å². The summed E-state index contributed by atoms with van der Waals surface area (Å²) in [4.78, 5) is 25.2. The summed E-state index contributed by atoms with van der Waals surface area (Å²) in [7, 11) is 0. The second kappa shape index (κ2) is 6.83. The third-order valence-electron chi connectivity index (χ3n) is 3.97. The molecule has 1 amide bonds. The van der Waals surface area contributed by atoms with Gasteiger partial charge in [0, 0.05) is 19.3 Å². The largest absolute Gasteiger partial charge is 0.481 e. The first-order valence-electron chi connectivity index (χ1n) is 7.20. The van der Waals surface area contributed by atoms with Crippen molar-refractivity contribution in [2.45, 2.75) is 13.3 Å². The summed E-state index contributed by atoms with van der Waals surface area (Å²) in [6, 6.07) is 9.56. The van der Waals surface area contributed by atoms with E-state index in [1.807, 2.05) is 30.3 Å². The molecule has 1 unspecified atom stereocenters. The summed E-state index contributed by atoms with van der Waals surface area (Å²) in [6.45, 7) is 2.54. The van der Waals surface area contributed by atoms with E-state index in [2.05, 4.69) is 5.10 Å². The van der Waals surface area contributed by atoms with E-state index < -0.39 is 11.9 Å². The van der Waals surface area contributed by atoms with Crippen molar-refractivity contribution in [3.63, 3.8) is 0 Å². The molecule has 3 rings (SSSR count). The van der Waals surface area contributed by atoms with Crippen LogP contribution in [0, 0.1) is 12.8 Å². The van der Waals surface area contributed by atoms with Gasteiger partial charge in [-0.2, -0.15) is 5.10 Å². The number of carboxylic acids is 1. The number of hydrogen-bond acceptors (Lipinski definition) is 3. The van der Waals surface area contributed by atoms with Gasteiger partial charge >= 0.3 is 5.97 Å². The lowest BCUT2D eigenvalue weighted by atomic mass is 10.1. The van der Waals surface area contributed by atoms with Crippen LogP contribution in [0.2, 0.25) is 0 Å². The van der Waals surface area contributed by atoms with E-state index >= 15 is 0 Å². The van der Waals surface area contributed by atoms with Gasteiger partial charge in [-0.3, -0.25) is 9.59 Å². The van der Waals surface area contributed by atoms with Crippen LogP contribution >= 0.6 is 12.4 Å². The number of aliphatic carboxylic acids is 1. The number of benzene rings is 1. The van der Waals surface area contributed by atoms with Crippen LogP contribution in [0.15, 0.2) is 36.5 Å². The summed E-state index contributed by atoms with van der Waals surface area (Å²) >= 11 is 0. The van der Waals surface area contributed by atoms with E-state index in [-0.39, 0.29) is 24.9 Å². The Morgan fingerprint density at radius 1 is 1.26 bits per heavy atom. The fourth-order valence-corrected chi connectivity index (χ4v) is 2.70. The highest BCUT2D eigenvalue weighted by atomic mass is 35.5. The predicted molar refractivity (Wildman–Crippen MR) is 87.2 cm³/mol. The van der Waals surface area contributed by atoms with Crippen LogP contribution in [-0.2, 0) is 4.79 Å². The van der Waals surface area contributed by atoms with Gasteiger partial charge in [0.1, 0.15) is 0 Å². The Bertz CT molecular complexity index is 715. The molecule has 23 heavy (non-hydrogen) atoms. The van der Waals surface area contributed by atoms with E-state index in [1.165, 1.54) is 0 Å². The Morgan fingerprint density at radius 3 is 2.57 bits per heavy atom. The quantitative estimate of drug-likeness (QED) is 0.932. The number of aryl methyl sites for hydroxylation is 1. The molecule has 1 N–H and O–H groups in total. The van der Waals surface area contributed by atoms with Crippen molar-refractivity contribution in [3.8, 4) is 5.69 Å². The number of aromatic nitrogens is 2. The molecule has 1 saturated heterocycles. The zero-order valence-corrected chi connectivity index (χ0v) is 13.5. The number of para-hydroxylation sites is 1. The average molecular weight is 336 g/mol. The summed E-state index contributed by atoms with van der Waals surface area (Å²) < 4.78 is 1.67. The Morgan fingerprint density at radius 2 is 1.96 bits per heavy atom. The maximum atomic E-state index is 12.6. The fourth-order valence-electron chi connectivity index (χ4n) is 2.70. The Kier molecular flexibility index (Phi) is 5.05. The maximum absolute atomic E-state index is 12.6. The van der Waals surface area contributed by atoms with Crippen LogP contribution in [0.1, 0.15) is 22.5 Å². The third kappa shape index (κ3) is 3.37. The maximum Gasteiger partial charge on any atom is 0.308 e. The van der Waals surface area contributed by atoms with Crippen molar-refractivity contribution >= 4 is 24.3 Å². The van der Waals surface area contributed by atoms with E-state index in [4.69, 9.17) is 5.11 Å². The normalized spacial score (nSPS) is 16.9. The van der Waals surface area contributed by atoms with Gasteiger partial charge in [-0.25, -0.2) is 4.68 Å². The molecule has 1 aliphatic heterocycles. The van der Waals surface area contributed by atoms with Crippen LogP contribution < -0.4 is 0 Å². The molecule has 1 aromatic carbocycles. The van der Waals surface area contributed by atoms with Gasteiger partial charge in [0.25, 0.3) is 5.91 Å². The molecule has 6 nitrogen and oxygen atoms in total. The van der Waals surface area contributed by atoms with Gasteiger partial charge < -0.3 is 10.0 Å². The van der Waals surface area contributed by atoms with Crippen molar-refractivity contribution in [2.75, 3.05) is 13.1 Å². The van der Waals surface area contributed by atoms with Crippen molar-refractivity contribution in [3.05, 3.63) is 47.8 Å². The number of likely N-dealkylation sites (tertiary alicyclic amines) is 1. The molecule has 0 bridgehead atoms. The molecule has 0 aliphatic carbocycles. The van der Waals surface area contributed by atoms with Crippen LogP contribution in [0.25, 0.3) is 5.69 Å². The SMILES string of the molecule is Cc1nn(-c2ccccc2)cc1C(=O)N1CCC(C(=O)O)C1.Cl. The molecule has 1 fully saturated rings. The lowest BCUT2D eigenvalue weighted by Crippen LogP contribution is -2.30. The number of rotatable bonds is 3. The van der Waals surface area contributed by atoms with Gasteiger partial charge in [-0.05, 0) is 25.5 Å². The summed E-state index contributed by atoms with van der Waals surface area (Å²) in [5.41, 5.74) is 2.05. The minimum Gasteiger partial charge on any atom is -0.481 e. The first-order valence-corrected chi connectivity index (χ1v) is 7.20. The Hall–Kier alpha value is -2.34. The highest BCUT2D eigenvalue weighted by Crippen LogP contribution is 2.21. The molecular weight excluding hydrogens is 318 g/mol. The molecular formula is C16H18ClN3O3. The summed E-state index contributed by atoms with van der Waals surface area (Å²) in [6.07, 6.45) is 2.22. The smallest absolute Gasteiger partial charge is 0.308 e. The van der Waals surface area contributed by atoms with E-state index in [9.17, 15) is 9.59 Å². The van der Waals surface area contributed by atoms with Gasteiger partial charge in [0.15, 0.2) is 0 Å². The molecule has 1 aliphatic rings. The standard InChI is InChI=1S/C16H17N3O3.ClH/c1-11-14(10-19(17-11)13-5-3-2-4-6-13)15(20)18-8-7-12(9-18)16(21)22;/h2-6,10,12H,7-9H2,1H3,(H,21,22);1H. The second-order valence-corrected chi connectivity index (χ2v) is 5.48. The lowest BCUT2D eigenvalue weighted by molar-refractivity contribution is -0.141. The third-order valence-corrected chi connectivity index (χ3v) is 3.97. The van der Waals surface area contributed by atoms with Crippen molar-refractivity contribution < 1.29 is 14.7 Å². The first-order chi connectivity index (χ1) is 10.6. The molecule has 2 aromatic rings. The van der Waals surface area contributed by atoms with E-state index in [0.29, 0.717) is 24.2 Å². The number of carboxylic acid groups (broad SMARTS) is 1. The number of carbonyl (C=O) groups is 2. The second-order valence-electron chi connectivity index (χ2n) is 5.48. The van der Waals surface area contributed by atoms with Crippen molar-refractivity contribution in [1.82, 2.24) is 14.7 Å². The highest BCUT2D eigenvalue weighted by molar-refractivity contribution is 5.95. The van der Waals surface area contributed by atoms with E-state index in [0.717, 1.165) is 5.69 Å². The number of halogens is 1. The molecule has 7 heteroatoms. The molecule has 122 valence electrons. The van der Waals surface area contributed by atoms with Crippen LogP contribution in [-0.4, -0.2) is 44.8 Å². The number of hydrogen-bond donors (Lipinski definition) is 1. The minimum absolute atomic E-state index is 0.